The van der Waals surface area contributed by atoms with E-state index in [0.717, 1.165) is 29.1 Å². The van der Waals surface area contributed by atoms with Crippen LogP contribution in [0.15, 0.2) is 42.5 Å². The van der Waals surface area contributed by atoms with Gasteiger partial charge < -0.3 is 14.4 Å². The van der Waals surface area contributed by atoms with E-state index in [1.54, 1.807) is 29.2 Å². The van der Waals surface area contributed by atoms with Gasteiger partial charge in [0, 0.05) is 13.1 Å². The molecule has 3 rings (SSSR count). The zero-order chi connectivity index (χ0) is 23.1. The number of carbonyl (C=O) groups is 2. The van der Waals surface area contributed by atoms with Gasteiger partial charge in [0.15, 0.2) is 5.13 Å². The lowest BCUT2D eigenvalue weighted by molar-refractivity contribution is 0.0597. The first-order valence-corrected chi connectivity index (χ1v) is 11.6. The van der Waals surface area contributed by atoms with Crippen molar-refractivity contribution in [1.82, 2.24) is 9.88 Å². The minimum Gasteiger partial charge on any atom is -0.494 e. The second-order valence-corrected chi connectivity index (χ2v) is 8.09. The molecule has 0 aliphatic heterocycles. The monoisotopic (exact) mass is 455 g/mol. The summed E-state index contributed by atoms with van der Waals surface area (Å²) in [5.74, 6) is -0.0437. The minimum absolute atomic E-state index is 0.243. The molecular formula is C24H29N3O4S. The summed E-state index contributed by atoms with van der Waals surface area (Å²) in [5.41, 5.74) is 1.34. The average molecular weight is 456 g/mol. The molecule has 2 aromatic carbocycles. The summed E-state index contributed by atoms with van der Waals surface area (Å²) in [5, 5.41) is 0.588. The van der Waals surface area contributed by atoms with E-state index in [0.29, 0.717) is 30.4 Å². The van der Waals surface area contributed by atoms with Gasteiger partial charge in [0.25, 0.3) is 5.91 Å². The van der Waals surface area contributed by atoms with Gasteiger partial charge in [0.1, 0.15) is 5.75 Å². The van der Waals surface area contributed by atoms with Gasteiger partial charge in [-0.2, -0.15) is 0 Å². The fourth-order valence-electron chi connectivity index (χ4n) is 3.43. The van der Waals surface area contributed by atoms with Crippen molar-refractivity contribution < 1.29 is 19.1 Å². The third-order valence-corrected chi connectivity index (χ3v) is 6.27. The Bertz CT molecular complexity index is 1080. The van der Waals surface area contributed by atoms with Crippen LogP contribution in [-0.4, -0.2) is 61.7 Å². The van der Waals surface area contributed by atoms with Crippen LogP contribution in [0.2, 0.25) is 0 Å². The summed E-state index contributed by atoms with van der Waals surface area (Å²) >= 11 is 1.43. The van der Waals surface area contributed by atoms with Gasteiger partial charge in [0.2, 0.25) is 0 Å². The number of esters is 1. The number of anilines is 1. The zero-order valence-electron chi connectivity index (χ0n) is 19.0. The Hall–Kier alpha value is -2.97. The molecule has 1 heterocycles. The molecular weight excluding hydrogens is 426 g/mol. The van der Waals surface area contributed by atoms with Gasteiger partial charge in [-0.1, -0.05) is 37.3 Å². The summed E-state index contributed by atoms with van der Waals surface area (Å²) in [6.07, 6.45) is 0. The lowest BCUT2D eigenvalue weighted by Crippen LogP contribution is -2.39. The van der Waals surface area contributed by atoms with Crippen molar-refractivity contribution >= 4 is 38.6 Å². The molecule has 0 saturated carbocycles. The molecule has 0 spiro atoms. The van der Waals surface area contributed by atoms with E-state index >= 15 is 0 Å². The lowest BCUT2D eigenvalue weighted by atomic mass is 10.1. The number of hydrogen-bond donors (Lipinski definition) is 0. The van der Waals surface area contributed by atoms with Gasteiger partial charge in [-0.25, -0.2) is 9.78 Å². The Kier molecular flexibility index (Phi) is 8.19. The van der Waals surface area contributed by atoms with E-state index in [1.807, 2.05) is 25.1 Å². The minimum atomic E-state index is -0.539. The molecule has 1 amide bonds. The molecule has 0 saturated heterocycles. The number of ether oxygens (including phenoxy) is 2. The highest BCUT2D eigenvalue weighted by Gasteiger charge is 2.26. The van der Waals surface area contributed by atoms with Crippen LogP contribution in [-0.2, 0) is 4.74 Å². The third-order valence-electron chi connectivity index (χ3n) is 5.23. The number of amides is 1. The van der Waals surface area contributed by atoms with E-state index in [-0.39, 0.29) is 11.5 Å². The van der Waals surface area contributed by atoms with Crippen molar-refractivity contribution in [3.63, 3.8) is 0 Å². The van der Waals surface area contributed by atoms with Gasteiger partial charge in [-0.15, -0.1) is 0 Å². The summed E-state index contributed by atoms with van der Waals surface area (Å²) in [6.45, 7) is 9.62. The molecule has 0 radical (unpaired) electrons. The standard InChI is InChI=1S/C24H29N3O4S/c1-5-26(6-2)14-15-27(22(28)18-10-8-9-11-19(18)23(29)30-4)24-25-20-13-12-17(31-7-3)16-21(20)32-24/h8-13,16H,5-7,14-15H2,1-4H3. The van der Waals surface area contributed by atoms with E-state index < -0.39 is 5.97 Å². The van der Waals surface area contributed by atoms with Crippen LogP contribution in [0.25, 0.3) is 10.2 Å². The van der Waals surface area contributed by atoms with Crippen LogP contribution in [0, 0.1) is 0 Å². The number of hydrogen-bond acceptors (Lipinski definition) is 7. The van der Waals surface area contributed by atoms with Crippen LogP contribution in [0.4, 0.5) is 5.13 Å². The molecule has 8 heteroatoms. The Morgan fingerprint density at radius 1 is 1.00 bits per heavy atom. The fourth-order valence-corrected chi connectivity index (χ4v) is 4.45. The van der Waals surface area contributed by atoms with Gasteiger partial charge in [-0.05, 0) is 50.3 Å². The number of nitrogens with zero attached hydrogens (tertiary/aromatic N) is 3. The first kappa shape index (κ1) is 23.7. The zero-order valence-corrected chi connectivity index (χ0v) is 19.8. The summed E-state index contributed by atoms with van der Waals surface area (Å²) in [4.78, 5) is 34.6. The van der Waals surface area contributed by atoms with Gasteiger partial charge >= 0.3 is 5.97 Å². The Labute approximate surface area is 192 Å². The molecule has 170 valence electrons. The van der Waals surface area contributed by atoms with Crippen LogP contribution in [0.3, 0.4) is 0 Å². The highest BCUT2D eigenvalue weighted by molar-refractivity contribution is 7.22. The molecule has 32 heavy (non-hydrogen) atoms. The van der Waals surface area contributed by atoms with E-state index in [1.165, 1.54) is 18.4 Å². The molecule has 0 unspecified atom stereocenters. The molecule has 0 fully saturated rings. The number of benzene rings is 2. The molecule has 7 nitrogen and oxygen atoms in total. The van der Waals surface area contributed by atoms with E-state index in [4.69, 9.17) is 14.5 Å². The normalized spacial score (nSPS) is 11.0. The van der Waals surface area contributed by atoms with Crippen LogP contribution >= 0.6 is 11.3 Å². The molecule has 0 aliphatic carbocycles. The van der Waals surface area contributed by atoms with Crippen LogP contribution in [0.1, 0.15) is 41.5 Å². The third kappa shape index (κ3) is 5.26. The summed E-state index contributed by atoms with van der Waals surface area (Å²) in [7, 11) is 1.31. The number of likely N-dealkylation sites (N-methyl/N-ethyl adjacent to an activating group) is 1. The first-order chi connectivity index (χ1) is 15.5. The predicted molar refractivity (Wildman–Crippen MR) is 128 cm³/mol. The quantitative estimate of drug-likeness (QED) is 0.420. The second-order valence-electron chi connectivity index (χ2n) is 7.08. The van der Waals surface area contributed by atoms with Crippen LogP contribution < -0.4 is 9.64 Å². The average Bonchev–Trinajstić information content (AvgIpc) is 3.24. The SMILES string of the molecule is CCOc1ccc2nc(N(CCN(CC)CC)C(=O)c3ccccc3C(=O)OC)sc2c1. The first-order valence-electron chi connectivity index (χ1n) is 10.8. The molecule has 0 bridgehead atoms. The predicted octanol–water partition coefficient (Wildman–Crippen LogP) is 4.47. The van der Waals surface area contributed by atoms with Crippen molar-refractivity contribution in [2.24, 2.45) is 0 Å². The van der Waals surface area contributed by atoms with E-state index in [2.05, 4.69) is 18.7 Å². The Morgan fingerprint density at radius 2 is 1.72 bits per heavy atom. The van der Waals surface area contributed by atoms with Gasteiger partial charge in [0.05, 0.1) is 35.1 Å². The smallest absolute Gasteiger partial charge is 0.338 e. The maximum atomic E-state index is 13.7. The highest BCUT2D eigenvalue weighted by Crippen LogP contribution is 2.32. The maximum Gasteiger partial charge on any atom is 0.338 e. The number of methoxy groups -OCH3 is 1. The van der Waals surface area contributed by atoms with Crippen LogP contribution in [0.5, 0.6) is 5.75 Å². The fraction of sp³-hybridized carbons (Fsp3) is 0.375. The molecule has 0 aliphatic rings. The number of fused-ring (bicyclic) bond motifs is 1. The molecule has 0 N–H and O–H groups in total. The molecule has 3 aromatic rings. The van der Waals surface area contributed by atoms with Crippen molar-refractivity contribution in [3.05, 3.63) is 53.6 Å². The van der Waals surface area contributed by atoms with Crippen molar-refractivity contribution in [2.45, 2.75) is 20.8 Å². The number of rotatable bonds is 10. The maximum absolute atomic E-state index is 13.7. The Balaban J connectivity index is 2.02. The van der Waals surface area contributed by atoms with Crippen molar-refractivity contribution in [3.8, 4) is 5.75 Å². The lowest BCUT2D eigenvalue weighted by Gasteiger charge is -2.25. The second kappa shape index (κ2) is 11.1. The van der Waals surface area contributed by atoms with Crippen molar-refractivity contribution in [1.29, 1.82) is 0 Å². The summed E-state index contributed by atoms with van der Waals surface area (Å²) in [6, 6.07) is 12.4. The van der Waals surface area contributed by atoms with Crippen molar-refractivity contribution in [2.75, 3.05) is 44.8 Å². The topological polar surface area (TPSA) is 72.0 Å². The highest BCUT2D eigenvalue weighted by atomic mass is 32.1. The Morgan fingerprint density at radius 3 is 2.38 bits per heavy atom. The number of thiazole rings is 1. The van der Waals surface area contributed by atoms with E-state index in [9.17, 15) is 9.59 Å². The molecule has 0 atom stereocenters. The largest absolute Gasteiger partial charge is 0.494 e. The number of carbonyl (C=O) groups excluding carboxylic acids is 2. The summed E-state index contributed by atoms with van der Waals surface area (Å²) < 4.78 is 11.4. The molecule has 1 aromatic heterocycles. The number of aromatic nitrogens is 1. The van der Waals surface area contributed by atoms with Gasteiger partial charge in [-0.3, -0.25) is 9.69 Å².